The summed E-state index contributed by atoms with van der Waals surface area (Å²) in [5, 5.41) is 0.774. The van der Waals surface area contributed by atoms with Crippen LogP contribution in [-0.4, -0.2) is 48.5 Å². The van der Waals surface area contributed by atoms with E-state index in [2.05, 4.69) is 30.9 Å². The summed E-state index contributed by atoms with van der Waals surface area (Å²) in [7, 11) is 1.61. The van der Waals surface area contributed by atoms with Gasteiger partial charge in [0.05, 0.1) is 12.7 Å². The van der Waals surface area contributed by atoms with E-state index in [1.165, 1.54) is 5.56 Å². The van der Waals surface area contributed by atoms with E-state index >= 15 is 0 Å². The van der Waals surface area contributed by atoms with Crippen molar-refractivity contribution in [3.8, 4) is 5.75 Å². The van der Waals surface area contributed by atoms with Crippen LogP contribution in [0.5, 0.6) is 5.75 Å². The number of methoxy groups -OCH3 is 1. The second-order valence-corrected chi connectivity index (χ2v) is 9.01. The number of benzene rings is 2. The van der Waals surface area contributed by atoms with E-state index in [0.717, 1.165) is 37.5 Å². The second kappa shape index (κ2) is 8.00. The van der Waals surface area contributed by atoms with Crippen molar-refractivity contribution in [1.29, 1.82) is 0 Å². The highest BCUT2D eigenvalue weighted by Crippen LogP contribution is 2.55. The van der Waals surface area contributed by atoms with E-state index in [1.54, 1.807) is 7.11 Å². The molecule has 2 aromatic rings. The standard InChI is InChI=1S/C24H29ClN2O2/c1-17(2)27-16-24(22(27)18-8-10-19(25)11-9-18)12-14-26(15-13-24)23(28)20-6-4-5-7-21(20)29-3/h4-11,17,22H,12-16H2,1-3H3. The summed E-state index contributed by atoms with van der Waals surface area (Å²) in [6.07, 6.45) is 2.04. The van der Waals surface area contributed by atoms with Crippen molar-refractivity contribution in [2.75, 3.05) is 26.7 Å². The Bertz CT molecular complexity index is 873. The summed E-state index contributed by atoms with van der Waals surface area (Å²) < 4.78 is 5.39. The van der Waals surface area contributed by atoms with Gasteiger partial charge in [-0.2, -0.15) is 0 Å². The smallest absolute Gasteiger partial charge is 0.257 e. The van der Waals surface area contributed by atoms with Gasteiger partial charge in [0.15, 0.2) is 0 Å². The first-order valence-corrected chi connectivity index (χ1v) is 10.8. The summed E-state index contributed by atoms with van der Waals surface area (Å²) in [6, 6.07) is 16.7. The van der Waals surface area contributed by atoms with Crippen LogP contribution < -0.4 is 4.74 Å². The van der Waals surface area contributed by atoms with Gasteiger partial charge in [-0.25, -0.2) is 0 Å². The normalized spacial score (nSPS) is 21.3. The van der Waals surface area contributed by atoms with Crippen molar-refractivity contribution in [1.82, 2.24) is 9.80 Å². The number of para-hydroxylation sites is 1. The van der Waals surface area contributed by atoms with Crippen molar-refractivity contribution >= 4 is 17.5 Å². The van der Waals surface area contributed by atoms with Gasteiger partial charge in [-0.3, -0.25) is 9.69 Å². The van der Waals surface area contributed by atoms with E-state index in [1.807, 2.05) is 41.3 Å². The van der Waals surface area contributed by atoms with E-state index in [4.69, 9.17) is 16.3 Å². The van der Waals surface area contributed by atoms with E-state index in [0.29, 0.717) is 23.4 Å². The lowest BCUT2D eigenvalue weighted by atomic mass is 9.62. The molecule has 1 unspecified atom stereocenters. The Labute approximate surface area is 178 Å². The number of likely N-dealkylation sites (tertiary alicyclic amines) is 2. The number of carbonyl (C=O) groups is 1. The van der Waals surface area contributed by atoms with Crippen LogP contribution in [0.25, 0.3) is 0 Å². The molecule has 29 heavy (non-hydrogen) atoms. The third kappa shape index (κ3) is 3.64. The average Bonchev–Trinajstić information content (AvgIpc) is 2.73. The van der Waals surface area contributed by atoms with Gasteiger partial charge in [-0.1, -0.05) is 35.9 Å². The van der Waals surface area contributed by atoms with Crippen LogP contribution in [0.4, 0.5) is 0 Å². The number of ether oxygens (including phenoxy) is 1. The molecule has 0 radical (unpaired) electrons. The molecule has 1 spiro atoms. The topological polar surface area (TPSA) is 32.8 Å². The fourth-order valence-electron chi connectivity index (χ4n) is 5.03. The number of nitrogens with zero attached hydrogens (tertiary/aromatic N) is 2. The summed E-state index contributed by atoms with van der Waals surface area (Å²) in [5.41, 5.74) is 2.21. The Hall–Kier alpha value is -2.04. The number of carbonyl (C=O) groups excluding carboxylic acids is 1. The minimum Gasteiger partial charge on any atom is -0.496 e. The van der Waals surface area contributed by atoms with Crippen LogP contribution in [0.2, 0.25) is 5.02 Å². The first-order valence-electron chi connectivity index (χ1n) is 10.4. The van der Waals surface area contributed by atoms with Crippen LogP contribution >= 0.6 is 11.6 Å². The van der Waals surface area contributed by atoms with Gasteiger partial charge < -0.3 is 9.64 Å². The van der Waals surface area contributed by atoms with Crippen molar-refractivity contribution in [2.45, 2.75) is 38.8 Å². The highest BCUT2D eigenvalue weighted by Gasteiger charge is 2.54. The van der Waals surface area contributed by atoms with Gasteiger partial charge in [0, 0.05) is 42.2 Å². The van der Waals surface area contributed by atoms with E-state index in [9.17, 15) is 4.79 Å². The summed E-state index contributed by atoms with van der Waals surface area (Å²) in [6.45, 7) is 7.18. The van der Waals surface area contributed by atoms with E-state index in [-0.39, 0.29) is 11.3 Å². The van der Waals surface area contributed by atoms with Crippen LogP contribution in [0.15, 0.2) is 48.5 Å². The molecule has 2 aromatic carbocycles. The molecule has 4 rings (SSSR count). The predicted molar refractivity (Wildman–Crippen MR) is 117 cm³/mol. The number of halogens is 1. The molecule has 2 aliphatic heterocycles. The van der Waals surface area contributed by atoms with Crippen LogP contribution in [0.3, 0.4) is 0 Å². The molecular weight excluding hydrogens is 384 g/mol. The molecular formula is C24H29ClN2O2. The lowest BCUT2D eigenvalue weighted by molar-refractivity contribution is -0.124. The molecule has 154 valence electrons. The minimum absolute atomic E-state index is 0.0698. The van der Waals surface area contributed by atoms with Crippen LogP contribution in [-0.2, 0) is 0 Å². The zero-order valence-electron chi connectivity index (χ0n) is 17.4. The Balaban J connectivity index is 1.51. The monoisotopic (exact) mass is 412 g/mol. The maximum Gasteiger partial charge on any atom is 0.257 e. The molecule has 0 N–H and O–H groups in total. The number of rotatable bonds is 4. The minimum atomic E-state index is 0.0698. The zero-order chi connectivity index (χ0) is 20.6. The Morgan fingerprint density at radius 2 is 1.76 bits per heavy atom. The highest BCUT2D eigenvalue weighted by atomic mass is 35.5. The third-order valence-corrected chi connectivity index (χ3v) is 6.89. The molecule has 0 bridgehead atoms. The molecule has 2 heterocycles. The van der Waals surface area contributed by atoms with Crippen molar-refractivity contribution in [3.63, 3.8) is 0 Å². The van der Waals surface area contributed by atoms with Gasteiger partial charge in [-0.05, 0) is 56.5 Å². The Morgan fingerprint density at radius 1 is 1.10 bits per heavy atom. The van der Waals surface area contributed by atoms with Crippen molar-refractivity contribution in [3.05, 3.63) is 64.7 Å². The lowest BCUT2D eigenvalue weighted by Gasteiger charge is -2.62. The van der Waals surface area contributed by atoms with Crippen LogP contribution in [0, 0.1) is 5.41 Å². The fraction of sp³-hybridized carbons (Fsp3) is 0.458. The SMILES string of the molecule is COc1ccccc1C(=O)N1CCC2(CC1)CN(C(C)C)C2c1ccc(Cl)cc1. The largest absolute Gasteiger partial charge is 0.496 e. The lowest BCUT2D eigenvalue weighted by Crippen LogP contribution is -2.64. The Morgan fingerprint density at radius 3 is 2.38 bits per heavy atom. The van der Waals surface area contributed by atoms with E-state index < -0.39 is 0 Å². The summed E-state index contributed by atoms with van der Waals surface area (Å²) in [4.78, 5) is 17.6. The number of hydrogen-bond donors (Lipinski definition) is 0. The number of hydrogen-bond acceptors (Lipinski definition) is 3. The molecule has 4 nitrogen and oxygen atoms in total. The fourth-order valence-corrected chi connectivity index (χ4v) is 5.16. The highest BCUT2D eigenvalue weighted by molar-refractivity contribution is 6.30. The first-order chi connectivity index (χ1) is 13.9. The average molecular weight is 413 g/mol. The molecule has 2 fully saturated rings. The maximum absolute atomic E-state index is 13.1. The molecule has 1 amide bonds. The quantitative estimate of drug-likeness (QED) is 0.705. The third-order valence-electron chi connectivity index (χ3n) is 6.64. The van der Waals surface area contributed by atoms with Gasteiger partial charge in [0.2, 0.25) is 0 Å². The van der Waals surface area contributed by atoms with Gasteiger partial charge in [0.25, 0.3) is 5.91 Å². The maximum atomic E-state index is 13.1. The molecule has 2 aliphatic rings. The van der Waals surface area contributed by atoms with Gasteiger partial charge in [-0.15, -0.1) is 0 Å². The van der Waals surface area contributed by atoms with Gasteiger partial charge in [0.1, 0.15) is 5.75 Å². The Kier molecular flexibility index (Phi) is 5.58. The number of amides is 1. The van der Waals surface area contributed by atoms with Crippen LogP contribution in [0.1, 0.15) is 48.7 Å². The first kappa shape index (κ1) is 20.2. The predicted octanol–water partition coefficient (Wildman–Crippen LogP) is 5.04. The summed E-state index contributed by atoms with van der Waals surface area (Å²) >= 11 is 6.12. The molecule has 0 aliphatic carbocycles. The van der Waals surface area contributed by atoms with Crippen molar-refractivity contribution < 1.29 is 9.53 Å². The van der Waals surface area contributed by atoms with Crippen molar-refractivity contribution in [2.24, 2.45) is 5.41 Å². The molecule has 5 heteroatoms. The zero-order valence-corrected chi connectivity index (χ0v) is 18.2. The molecule has 2 saturated heterocycles. The summed E-state index contributed by atoms with van der Waals surface area (Å²) in [5.74, 6) is 0.715. The molecule has 0 aromatic heterocycles. The number of piperidine rings is 1. The van der Waals surface area contributed by atoms with Gasteiger partial charge >= 0.3 is 0 Å². The molecule has 0 saturated carbocycles. The molecule has 1 atom stereocenters. The second-order valence-electron chi connectivity index (χ2n) is 8.58.